The summed E-state index contributed by atoms with van der Waals surface area (Å²) in [7, 11) is 0. The molecule has 0 saturated heterocycles. The molecule has 0 bridgehead atoms. The number of hydrogen-bond donors (Lipinski definition) is 1. The quantitative estimate of drug-likeness (QED) is 0.560. The van der Waals surface area contributed by atoms with E-state index < -0.39 is 5.97 Å². The van der Waals surface area contributed by atoms with E-state index in [0.29, 0.717) is 28.1 Å². The van der Waals surface area contributed by atoms with Crippen molar-refractivity contribution in [3.63, 3.8) is 0 Å². The molecule has 3 aromatic rings. The van der Waals surface area contributed by atoms with E-state index in [1.807, 2.05) is 0 Å². The van der Waals surface area contributed by atoms with Crippen LogP contribution in [-0.2, 0) is 16.0 Å². The van der Waals surface area contributed by atoms with E-state index in [0.717, 1.165) is 0 Å². The number of nitriles is 1. The van der Waals surface area contributed by atoms with Crippen LogP contribution in [0.1, 0.15) is 11.3 Å². The molecule has 0 amide bonds. The van der Waals surface area contributed by atoms with Crippen LogP contribution in [0, 0.1) is 17.1 Å². The number of benzene rings is 2. The number of rotatable bonds is 5. The Hall–Kier alpha value is -3.50. The molecule has 2 N–H and O–H groups in total. The van der Waals surface area contributed by atoms with Gasteiger partial charge in [0.25, 0.3) is 0 Å². The van der Waals surface area contributed by atoms with Crippen LogP contribution in [0.3, 0.4) is 0 Å². The topological polar surface area (TPSA) is 102 Å². The van der Waals surface area contributed by atoms with Crippen LogP contribution in [0.4, 0.5) is 4.39 Å². The second-order valence-corrected chi connectivity index (χ2v) is 5.35. The Labute approximate surface area is 148 Å². The Balaban J connectivity index is 2.06. The zero-order valence-corrected chi connectivity index (χ0v) is 13.6. The molecule has 130 valence electrons. The summed E-state index contributed by atoms with van der Waals surface area (Å²) in [6, 6.07) is 14.4. The van der Waals surface area contributed by atoms with E-state index in [4.69, 9.17) is 20.1 Å². The molecule has 3 rings (SSSR count). The number of hydrogen-bond acceptors (Lipinski definition) is 6. The minimum Gasteiger partial charge on any atom is -0.450 e. The Morgan fingerprint density at radius 2 is 2.00 bits per heavy atom. The van der Waals surface area contributed by atoms with Gasteiger partial charge < -0.3 is 9.15 Å². The Morgan fingerprint density at radius 1 is 1.23 bits per heavy atom. The third-order valence-corrected chi connectivity index (χ3v) is 3.60. The molecule has 0 spiro atoms. The predicted molar refractivity (Wildman–Crippen MR) is 90.9 cm³/mol. The molecule has 1 heterocycles. The van der Waals surface area contributed by atoms with E-state index in [2.05, 4.69) is 11.1 Å². The number of nitrogens with zero attached hydrogens (tertiary/aromatic N) is 2. The standard InChI is InChI=1S/C19H14FN3O3/c20-15-6-4-13(5-7-15)19-23-16(9-17(24)25-11-22)18(26-19)14-3-1-2-12(8-14)10-21/h1-8H,9,11,22H2. The van der Waals surface area contributed by atoms with Gasteiger partial charge in [0.05, 0.1) is 23.7 Å². The van der Waals surface area contributed by atoms with Crippen molar-refractivity contribution in [2.45, 2.75) is 6.42 Å². The highest BCUT2D eigenvalue weighted by Crippen LogP contribution is 2.31. The highest BCUT2D eigenvalue weighted by atomic mass is 19.1. The van der Waals surface area contributed by atoms with Crippen molar-refractivity contribution < 1.29 is 18.3 Å². The normalized spacial score (nSPS) is 10.3. The number of carbonyl (C=O) groups is 1. The van der Waals surface area contributed by atoms with Gasteiger partial charge in [0.1, 0.15) is 12.5 Å². The summed E-state index contributed by atoms with van der Waals surface area (Å²) in [5, 5.41) is 9.08. The van der Waals surface area contributed by atoms with Crippen LogP contribution in [-0.4, -0.2) is 17.7 Å². The first-order valence-corrected chi connectivity index (χ1v) is 7.72. The molecule has 0 aliphatic heterocycles. The van der Waals surface area contributed by atoms with Gasteiger partial charge in [-0.25, -0.2) is 9.37 Å². The van der Waals surface area contributed by atoms with E-state index >= 15 is 0 Å². The molecular formula is C19H14FN3O3. The second kappa shape index (κ2) is 7.59. The fraction of sp³-hybridized carbons (Fsp3) is 0.105. The summed E-state index contributed by atoms with van der Waals surface area (Å²) >= 11 is 0. The second-order valence-electron chi connectivity index (χ2n) is 5.35. The number of carbonyl (C=O) groups excluding carboxylic acids is 1. The Bertz CT molecular complexity index is 974. The van der Waals surface area contributed by atoms with Gasteiger partial charge in [0, 0.05) is 11.1 Å². The average molecular weight is 351 g/mol. The average Bonchev–Trinajstić information content (AvgIpc) is 3.06. The van der Waals surface area contributed by atoms with Crippen molar-refractivity contribution in [3.8, 4) is 28.8 Å². The van der Waals surface area contributed by atoms with Crippen LogP contribution >= 0.6 is 0 Å². The molecule has 0 saturated carbocycles. The number of nitrogens with two attached hydrogens (primary N) is 1. The Morgan fingerprint density at radius 3 is 2.69 bits per heavy atom. The molecule has 1 aromatic heterocycles. The number of aromatic nitrogens is 1. The molecule has 0 atom stereocenters. The first kappa shape index (κ1) is 17.3. The lowest BCUT2D eigenvalue weighted by molar-refractivity contribution is -0.142. The summed E-state index contributed by atoms with van der Waals surface area (Å²) in [6.07, 6.45) is -0.145. The zero-order chi connectivity index (χ0) is 18.5. The molecule has 0 aliphatic rings. The maximum Gasteiger partial charge on any atom is 0.313 e. The van der Waals surface area contributed by atoms with Crippen molar-refractivity contribution in [1.29, 1.82) is 5.26 Å². The van der Waals surface area contributed by atoms with E-state index in [1.54, 1.807) is 24.3 Å². The van der Waals surface area contributed by atoms with Crippen molar-refractivity contribution in [3.05, 3.63) is 65.6 Å². The highest BCUT2D eigenvalue weighted by molar-refractivity contribution is 5.76. The molecule has 7 heteroatoms. The van der Waals surface area contributed by atoms with Gasteiger partial charge in [-0.1, -0.05) is 12.1 Å². The molecular weight excluding hydrogens is 337 g/mol. The predicted octanol–water partition coefficient (Wildman–Crippen LogP) is 3.02. The Kier molecular flexibility index (Phi) is 5.06. The molecule has 6 nitrogen and oxygen atoms in total. The first-order valence-electron chi connectivity index (χ1n) is 7.72. The van der Waals surface area contributed by atoms with Gasteiger partial charge in [-0.05, 0) is 36.4 Å². The highest BCUT2D eigenvalue weighted by Gasteiger charge is 2.20. The molecule has 26 heavy (non-hydrogen) atoms. The van der Waals surface area contributed by atoms with Gasteiger partial charge in [-0.3, -0.25) is 10.5 Å². The van der Waals surface area contributed by atoms with Crippen molar-refractivity contribution in [2.24, 2.45) is 5.73 Å². The lowest BCUT2D eigenvalue weighted by Gasteiger charge is -2.02. The monoisotopic (exact) mass is 351 g/mol. The number of oxazole rings is 1. The summed E-state index contributed by atoms with van der Waals surface area (Å²) in [4.78, 5) is 16.2. The smallest absolute Gasteiger partial charge is 0.313 e. The zero-order valence-electron chi connectivity index (χ0n) is 13.6. The molecule has 0 radical (unpaired) electrons. The molecule has 2 aromatic carbocycles. The molecule has 0 aliphatic carbocycles. The van der Waals surface area contributed by atoms with Crippen LogP contribution in [0.25, 0.3) is 22.8 Å². The van der Waals surface area contributed by atoms with Gasteiger partial charge in [0.15, 0.2) is 5.76 Å². The van der Waals surface area contributed by atoms with Crippen LogP contribution in [0.5, 0.6) is 0 Å². The van der Waals surface area contributed by atoms with Crippen molar-refractivity contribution >= 4 is 5.97 Å². The van der Waals surface area contributed by atoms with E-state index in [9.17, 15) is 9.18 Å². The van der Waals surface area contributed by atoms with Gasteiger partial charge >= 0.3 is 5.97 Å². The summed E-state index contributed by atoms with van der Waals surface area (Å²) < 4.78 is 23.7. The fourth-order valence-electron chi connectivity index (χ4n) is 2.42. The third-order valence-electron chi connectivity index (χ3n) is 3.60. The van der Waals surface area contributed by atoms with Gasteiger partial charge in [-0.15, -0.1) is 0 Å². The van der Waals surface area contributed by atoms with Crippen LogP contribution < -0.4 is 5.73 Å². The lowest BCUT2D eigenvalue weighted by Crippen LogP contribution is -2.14. The number of esters is 1. The van der Waals surface area contributed by atoms with E-state index in [-0.39, 0.29) is 24.9 Å². The fourth-order valence-corrected chi connectivity index (χ4v) is 2.42. The number of ether oxygens (including phenoxy) is 1. The SMILES string of the molecule is N#Cc1cccc(-c2oc(-c3ccc(F)cc3)nc2CC(=O)OCN)c1. The first-order chi connectivity index (χ1) is 12.6. The maximum atomic E-state index is 13.1. The third kappa shape index (κ3) is 3.77. The maximum absolute atomic E-state index is 13.1. The van der Waals surface area contributed by atoms with Crippen molar-refractivity contribution in [2.75, 3.05) is 6.73 Å². The summed E-state index contributed by atoms with van der Waals surface area (Å²) in [5.41, 5.74) is 7.17. The van der Waals surface area contributed by atoms with E-state index in [1.165, 1.54) is 24.3 Å². The van der Waals surface area contributed by atoms with Crippen LogP contribution in [0.15, 0.2) is 52.9 Å². The van der Waals surface area contributed by atoms with Crippen LogP contribution in [0.2, 0.25) is 0 Å². The summed E-state index contributed by atoms with van der Waals surface area (Å²) in [5.74, 6) is -0.355. The largest absolute Gasteiger partial charge is 0.450 e. The van der Waals surface area contributed by atoms with Crippen molar-refractivity contribution in [1.82, 2.24) is 4.98 Å². The minimum atomic E-state index is -0.552. The lowest BCUT2D eigenvalue weighted by atomic mass is 10.1. The molecule has 0 unspecified atom stereocenters. The molecule has 0 fully saturated rings. The number of halogens is 1. The minimum absolute atomic E-state index is 0.145. The van der Waals surface area contributed by atoms with Gasteiger partial charge in [0.2, 0.25) is 5.89 Å². The summed E-state index contributed by atoms with van der Waals surface area (Å²) in [6.45, 7) is -0.235. The van der Waals surface area contributed by atoms with Gasteiger partial charge in [-0.2, -0.15) is 5.26 Å².